The zero-order valence-electron chi connectivity index (χ0n) is 12.5. The molecule has 0 heterocycles. The summed E-state index contributed by atoms with van der Waals surface area (Å²) in [5.74, 6) is -0.963. The van der Waals surface area contributed by atoms with Crippen LogP contribution >= 0.6 is 0 Å². The van der Waals surface area contributed by atoms with Crippen molar-refractivity contribution in [1.29, 1.82) is 0 Å². The van der Waals surface area contributed by atoms with Crippen molar-refractivity contribution in [3.8, 4) is 0 Å². The fourth-order valence-corrected chi connectivity index (χ4v) is 2.79. The Balaban J connectivity index is 2.40. The van der Waals surface area contributed by atoms with E-state index in [0.717, 1.165) is 32.1 Å². The molecule has 0 aliphatic heterocycles. The lowest BCUT2D eigenvalue weighted by atomic mass is 9.77. The number of hydrogen-bond acceptors (Lipinski definition) is 3. The minimum Gasteiger partial charge on any atom is -0.481 e. The Morgan fingerprint density at radius 2 is 1.85 bits per heavy atom. The van der Waals surface area contributed by atoms with Crippen molar-refractivity contribution in [3.63, 3.8) is 0 Å². The maximum absolute atomic E-state index is 12.0. The fraction of sp³-hybridized carbons (Fsp3) is 0.867. The van der Waals surface area contributed by atoms with Gasteiger partial charge in [-0.05, 0) is 26.2 Å². The molecule has 2 N–H and O–H groups in total. The number of hydrogen-bond donors (Lipinski definition) is 2. The van der Waals surface area contributed by atoms with Crippen LogP contribution in [0, 0.1) is 5.41 Å². The van der Waals surface area contributed by atoms with Crippen molar-refractivity contribution in [2.45, 2.75) is 58.3 Å². The standard InChI is InChI=1S/C15H27NO4/c1-2-20-11-7-10-16-13(17)12-15(14(18)19)8-5-3-4-6-9-15/h2-12H2,1H3,(H,16,17)(H,18,19). The molecule has 1 aliphatic carbocycles. The van der Waals surface area contributed by atoms with Gasteiger partial charge in [0, 0.05) is 26.2 Å². The van der Waals surface area contributed by atoms with Crippen LogP contribution in [0.1, 0.15) is 58.3 Å². The Bertz CT molecular complexity index is 309. The van der Waals surface area contributed by atoms with Crippen molar-refractivity contribution in [3.05, 3.63) is 0 Å². The number of nitrogens with one attached hydrogen (secondary N) is 1. The molecule has 0 aromatic heterocycles. The summed E-state index contributed by atoms with van der Waals surface area (Å²) in [5.41, 5.74) is -0.847. The molecule has 1 rings (SSSR count). The Morgan fingerprint density at radius 3 is 2.40 bits per heavy atom. The van der Waals surface area contributed by atoms with E-state index in [0.29, 0.717) is 32.6 Å². The smallest absolute Gasteiger partial charge is 0.310 e. The monoisotopic (exact) mass is 285 g/mol. The predicted molar refractivity (Wildman–Crippen MR) is 76.5 cm³/mol. The van der Waals surface area contributed by atoms with Gasteiger partial charge in [-0.1, -0.05) is 25.7 Å². The van der Waals surface area contributed by atoms with Crippen LogP contribution in [-0.2, 0) is 14.3 Å². The first-order chi connectivity index (χ1) is 9.60. The van der Waals surface area contributed by atoms with Crippen molar-refractivity contribution in [2.75, 3.05) is 19.8 Å². The van der Waals surface area contributed by atoms with Crippen LogP contribution in [-0.4, -0.2) is 36.7 Å². The second-order valence-corrected chi connectivity index (χ2v) is 5.58. The minimum absolute atomic E-state index is 0.108. The number of ether oxygens (including phenoxy) is 1. The summed E-state index contributed by atoms with van der Waals surface area (Å²) in [7, 11) is 0. The topological polar surface area (TPSA) is 75.6 Å². The summed E-state index contributed by atoms with van der Waals surface area (Å²) in [6, 6.07) is 0. The number of amides is 1. The molecule has 5 nitrogen and oxygen atoms in total. The highest BCUT2D eigenvalue weighted by Gasteiger charge is 2.40. The summed E-state index contributed by atoms with van der Waals surface area (Å²) >= 11 is 0. The number of aliphatic carboxylic acids is 1. The average Bonchev–Trinajstić information content (AvgIpc) is 2.65. The van der Waals surface area contributed by atoms with Crippen LogP contribution in [0.25, 0.3) is 0 Å². The van der Waals surface area contributed by atoms with Gasteiger partial charge in [-0.3, -0.25) is 9.59 Å². The van der Waals surface area contributed by atoms with Crippen LogP contribution in [0.15, 0.2) is 0 Å². The number of carboxylic acid groups (broad SMARTS) is 1. The third-order valence-corrected chi connectivity index (χ3v) is 4.01. The van der Waals surface area contributed by atoms with Crippen molar-refractivity contribution in [1.82, 2.24) is 5.32 Å². The number of rotatable bonds is 8. The molecule has 20 heavy (non-hydrogen) atoms. The number of carboxylic acids is 1. The van der Waals surface area contributed by atoms with E-state index in [9.17, 15) is 14.7 Å². The van der Waals surface area contributed by atoms with E-state index in [2.05, 4.69) is 5.32 Å². The molecule has 116 valence electrons. The lowest BCUT2D eigenvalue weighted by Crippen LogP contribution is -2.37. The van der Waals surface area contributed by atoms with Gasteiger partial charge in [0.25, 0.3) is 0 Å². The van der Waals surface area contributed by atoms with Gasteiger partial charge >= 0.3 is 5.97 Å². The molecule has 0 aromatic rings. The highest BCUT2D eigenvalue weighted by Crippen LogP contribution is 2.38. The summed E-state index contributed by atoms with van der Waals surface area (Å²) in [6.45, 7) is 3.78. The molecule has 5 heteroatoms. The first-order valence-electron chi connectivity index (χ1n) is 7.68. The van der Waals surface area contributed by atoms with Crippen molar-refractivity contribution >= 4 is 11.9 Å². The van der Waals surface area contributed by atoms with Gasteiger partial charge in [0.05, 0.1) is 5.41 Å². The van der Waals surface area contributed by atoms with Gasteiger partial charge in [0.2, 0.25) is 5.91 Å². The van der Waals surface area contributed by atoms with Crippen LogP contribution in [0.2, 0.25) is 0 Å². The lowest BCUT2D eigenvalue weighted by molar-refractivity contribution is -0.152. The van der Waals surface area contributed by atoms with Crippen LogP contribution in [0.3, 0.4) is 0 Å². The van der Waals surface area contributed by atoms with E-state index in [1.54, 1.807) is 0 Å². The minimum atomic E-state index is -0.847. The fourth-order valence-electron chi connectivity index (χ4n) is 2.79. The van der Waals surface area contributed by atoms with Gasteiger partial charge in [-0.2, -0.15) is 0 Å². The summed E-state index contributed by atoms with van der Waals surface area (Å²) in [4.78, 5) is 23.5. The van der Waals surface area contributed by atoms with E-state index in [-0.39, 0.29) is 12.3 Å². The second-order valence-electron chi connectivity index (χ2n) is 5.58. The van der Waals surface area contributed by atoms with Gasteiger partial charge in [0.1, 0.15) is 0 Å². The number of carbonyl (C=O) groups excluding carboxylic acids is 1. The maximum atomic E-state index is 12.0. The summed E-state index contributed by atoms with van der Waals surface area (Å²) in [6.07, 6.45) is 6.07. The van der Waals surface area contributed by atoms with E-state index < -0.39 is 11.4 Å². The Labute approximate surface area is 121 Å². The zero-order valence-corrected chi connectivity index (χ0v) is 12.5. The molecule has 0 spiro atoms. The first-order valence-corrected chi connectivity index (χ1v) is 7.68. The molecule has 0 atom stereocenters. The molecular formula is C15H27NO4. The Morgan fingerprint density at radius 1 is 1.20 bits per heavy atom. The lowest BCUT2D eigenvalue weighted by Gasteiger charge is -2.27. The zero-order chi connectivity index (χ0) is 14.8. The molecule has 0 unspecified atom stereocenters. The third kappa shape index (κ3) is 5.49. The van der Waals surface area contributed by atoms with Crippen LogP contribution in [0.5, 0.6) is 0 Å². The Kier molecular flexibility index (Phi) is 7.59. The summed E-state index contributed by atoms with van der Waals surface area (Å²) in [5, 5.41) is 12.3. The highest BCUT2D eigenvalue weighted by atomic mass is 16.5. The summed E-state index contributed by atoms with van der Waals surface area (Å²) < 4.78 is 5.19. The molecular weight excluding hydrogens is 258 g/mol. The molecule has 0 aromatic carbocycles. The highest BCUT2D eigenvalue weighted by molar-refractivity contribution is 5.85. The largest absolute Gasteiger partial charge is 0.481 e. The van der Waals surface area contributed by atoms with Gasteiger partial charge in [-0.25, -0.2) is 0 Å². The van der Waals surface area contributed by atoms with Crippen molar-refractivity contribution < 1.29 is 19.4 Å². The normalized spacial score (nSPS) is 18.2. The van der Waals surface area contributed by atoms with E-state index in [4.69, 9.17) is 4.74 Å². The average molecular weight is 285 g/mol. The van der Waals surface area contributed by atoms with Crippen LogP contribution in [0.4, 0.5) is 0 Å². The molecule has 0 radical (unpaired) electrons. The van der Waals surface area contributed by atoms with Gasteiger partial charge in [-0.15, -0.1) is 0 Å². The van der Waals surface area contributed by atoms with E-state index >= 15 is 0 Å². The van der Waals surface area contributed by atoms with Crippen LogP contribution < -0.4 is 5.32 Å². The molecule has 0 bridgehead atoms. The second kappa shape index (κ2) is 8.95. The quantitative estimate of drug-likeness (QED) is 0.530. The van der Waals surface area contributed by atoms with E-state index in [1.807, 2.05) is 6.92 Å². The first kappa shape index (κ1) is 17.0. The third-order valence-electron chi connectivity index (χ3n) is 4.01. The molecule has 1 aliphatic rings. The molecule has 1 saturated carbocycles. The molecule has 1 fully saturated rings. The number of carbonyl (C=O) groups is 2. The van der Waals surface area contributed by atoms with Gasteiger partial charge < -0.3 is 15.2 Å². The van der Waals surface area contributed by atoms with Gasteiger partial charge in [0.15, 0.2) is 0 Å². The maximum Gasteiger partial charge on any atom is 0.310 e. The van der Waals surface area contributed by atoms with Crippen molar-refractivity contribution in [2.24, 2.45) is 5.41 Å². The Hall–Kier alpha value is -1.10. The molecule has 0 saturated heterocycles. The molecule has 1 amide bonds. The predicted octanol–water partition coefficient (Wildman–Crippen LogP) is 2.34. The van der Waals surface area contributed by atoms with E-state index in [1.165, 1.54) is 0 Å². The SMILES string of the molecule is CCOCCCNC(=O)CC1(C(=O)O)CCCCCC1.